The highest BCUT2D eigenvalue weighted by molar-refractivity contribution is 8.00. The molecule has 12 heterocycles. The van der Waals surface area contributed by atoms with E-state index in [2.05, 4.69) is 70.9 Å². The molecule has 33 nitrogen and oxygen atoms in total. The molecule has 8 aromatic heterocycles. The van der Waals surface area contributed by atoms with E-state index in [0.29, 0.717) is 51.3 Å². The fourth-order valence-corrected chi connectivity index (χ4v) is 13.0. The maximum Gasteiger partial charge on any atom is 0.524 e. The average Bonchev–Trinajstić information content (AvgIpc) is 1.70. The van der Waals surface area contributed by atoms with Crippen LogP contribution in [0.25, 0.3) is 44.7 Å². The highest BCUT2D eigenvalue weighted by Crippen LogP contribution is 2.43. The number of alkyl halides is 10. The molecule has 46 heteroatoms. The monoisotopic (exact) mass is 1470 g/mol. The van der Waals surface area contributed by atoms with Crippen LogP contribution in [0, 0.1) is 38.5 Å². The summed E-state index contributed by atoms with van der Waals surface area (Å²) in [5.74, 6) is -0.385. The van der Waals surface area contributed by atoms with Crippen molar-refractivity contribution < 1.29 is 116 Å². The molecular weight excluding hydrogens is 1400 g/mol. The van der Waals surface area contributed by atoms with Gasteiger partial charge in [-0.05, 0) is 40.0 Å². The summed E-state index contributed by atoms with van der Waals surface area (Å²) in [6, 6.07) is 0. The Morgan fingerprint density at radius 3 is 1.18 bits per heavy atom. The minimum Gasteiger partial charge on any atom is -0.394 e. The van der Waals surface area contributed by atoms with Gasteiger partial charge < -0.3 is 45.1 Å². The van der Waals surface area contributed by atoms with Gasteiger partial charge in [-0.15, -0.1) is 3.63 Å². The van der Waals surface area contributed by atoms with E-state index in [9.17, 15) is 84.5 Å². The standard InChI is InChI=1S/C14H17F3N4O4S.C13H17FN4O.C13H18N4O2.C10H13N5O4.C2F6O5S2/c1-4-9-7(2)11(25-26(22,23)14(15,16)17)13(24-9)21-6-20-10-8(3)18-5-19-12(10)21;1-4-9-7(2)10(14)13(19-9)18-6-17-11-8(3)15-5-16-12(11)18;1-4-9-7(2)11(18)13(19-9)17-6-16-10-8(3)14-5-15-12(10)17;11-8-5-9(13-2-12-8)15(3-14-5)10-7(18)6(17)4(1-16)19-10;3-1(4,5)14(9,10)13-15(11,12)2(6,7)8/h5-7,9,11,13H,4H2,1-3H3;5-7,9-10,13H,4H2,1-3H3;5-7,9,11,13,18H,4H2,1-3H3;2-4,6-7,10,16-18H,1H2,(H2,11,12,13);/t7-,9-,11-,13-;7-,9-,10+,13-;7-,9-,11-,13-;4-,6-,7-,10-;/m1111./s1. The normalized spacial score (nSPS) is 27.7. The van der Waals surface area contributed by atoms with Crippen molar-refractivity contribution in [1.29, 1.82) is 0 Å². The van der Waals surface area contributed by atoms with Crippen molar-refractivity contribution in [3.63, 3.8) is 0 Å². The highest BCUT2D eigenvalue weighted by atomic mass is 32.3. The lowest BCUT2D eigenvalue weighted by Crippen LogP contribution is -2.35. The minimum atomic E-state index is -6.85. The molecule has 98 heavy (non-hydrogen) atoms. The molecule has 0 unspecified atom stereocenters. The molecule has 16 atom stereocenters. The summed E-state index contributed by atoms with van der Waals surface area (Å²) >= 11 is 0. The van der Waals surface area contributed by atoms with Crippen molar-refractivity contribution in [2.24, 2.45) is 17.8 Å². The lowest BCUT2D eigenvalue weighted by atomic mass is 9.99. The summed E-state index contributed by atoms with van der Waals surface area (Å²) in [4.78, 5) is 49.4. The number of nitrogens with two attached hydrogens (primary N) is 1. The van der Waals surface area contributed by atoms with Gasteiger partial charge in [0.1, 0.15) is 77.9 Å². The van der Waals surface area contributed by atoms with Gasteiger partial charge in [-0.3, -0.25) is 22.5 Å². The summed E-state index contributed by atoms with van der Waals surface area (Å²) in [6.07, 6.45) is 4.00. The van der Waals surface area contributed by atoms with Gasteiger partial charge in [0.2, 0.25) is 0 Å². The zero-order valence-electron chi connectivity index (χ0n) is 52.6. The lowest BCUT2D eigenvalue weighted by Gasteiger charge is -2.22. The molecule has 4 saturated heterocycles. The molecule has 8 aromatic rings. The summed E-state index contributed by atoms with van der Waals surface area (Å²) in [7, 11) is -19.5. The molecule has 0 saturated carbocycles. The Balaban J connectivity index is 0.000000158. The molecule has 542 valence electrons. The maximum absolute atomic E-state index is 14.4. The predicted molar refractivity (Wildman–Crippen MR) is 315 cm³/mol. The molecule has 4 aliphatic heterocycles. The molecular formula is C52H65F10N17O16S3. The Labute approximate surface area is 549 Å². The molecule has 0 spiro atoms. The van der Waals surface area contributed by atoms with Crippen LogP contribution in [-0.4, -0.2) is 202 Å². The van der Waals surface area contributed by atoms with Gasteiger partial charge >= 0.3 is 46.9 Å². The number of rotatable bonds is 12. The van der Waals surface area contributed by atoms with E-state index in [0.717, 1.165) is 29.7 Å². The fraction of sp³-hybridized carbons (Fsp3) is 0.615. The SMILES string of the molecule is CC[C@H]1O[C@@H](n2cnc3c(C)ncnc32)[C@@H](F)[C@@H]1C.CC[C@H]1O[C@@H](n2cnc3c(C)ncnc32)[C@H](O)[C@@H]1C.CC[C@H]1O[C@@H](n2cnc3c(C)ncnc32)[C@H](OS(=O)(=O)C(F)(F)F)[C@@H]1C.Nc1ncnc2c1ncn2[C@@H]1O[C@H](CO)[C@@H](O)[C@H]1O.O=S(=O)(OS(=O)(=O)C(F)(F)F)C(F)(F)F. The third kappa shape index (κ3) is 15.4. The van der Waals surface area contributed by atoms with E-state index in [-0.39, 0.29) is 29.9 Å². The van der Waals surface area contributed by atoms with Crippen LogP contribution in [0.4, 0.5) is 49.7 Å². The topological polar surface area (TPSA) is 439 Å². The Morgan fingerprint density at radius 2 is 0.796 bits per heavy atom. The third-order valence-electron chi connectivity index (χ3n) is 16.2. The van der Waals surface area contributed by atoms with Crippen molar-refractivity contribution in [2.75, 3.05) is 12.3 Å². The van der Waals surface area contributed by atoms with Crippen molar-refractivity contribution in [2.45, 2.75) is 178 Å². The number of ether oxygens (including phenoxy) is 4. The van der Waals surface area contributed by atoms with Crippen LogP contribution in [0.15, 0.2) is 50.6 Å². The van der Waals surface area contributed by atoms with Crippen molar-refractivity contribution in [3.05, 3.63) is 67.7 Å². The van der Waals surface area contributed by atoms with Gasteiger partial charge in [0.25, 0.3) is 0 Å². The second kappa shape index (κ2) is 29.5. The summed E-state index contributed by atoms with van der Waals surface area (Å²) in [5.41, 5.74) is -5.83. The maximum atomic E-state index is 14.4. The number of anilines is 1. The van der Waals surface area contributed by atoms with E-state index < -0.39 is 127 Å². The molecule has 4 aliphatic rings. The van der Waals surface area contributed by atoms with Crippen LogP contribution >= 0.6 is 0 Å². The van der Waals surface area contributed by atoms with Gasteiger partial charge in [0, 0.05) is 17.8 Å². The van der Waals surface area contributed by atoms with Crippen LogP contribution < -0.4 is 5.73 Å². The van der Waals surface area contributed by atoms with E-state index in [1.54, 1.807) is 42.6 Å². The van der Waals surface area contributed by atoms with E-state index in [1.165, 1.54) is 47.1 Å². The molecule has 0 amide bonds. The number of nitrogens with zero attached hydrogens (tertiary/aromatic N) is 16. The molecule has 0 radical (unpaired) electrons. The van der Waals surface area contributed by atoms with E-state index >= 15 is 0 Å². The second-order valence-electron chi connectivity index (χ2n) is 22.4. The largest absolute Gasteiger partial charge is 0.524 e. The van der Waals surface area contributed by atoms with Crippen molar-refractivity contribution in [1.82, 2.24) is 78.1 Å². The third-order valence-corrected chi connectivity index (χ3v) is 19.8. The number of hydrogen-bond donors (Lipinski definition) is 5. The number of fused-ring (bicyclic) bond motifs is 4. The highest BCUT2D eigenvalue weighted by Gasteiger charge is 2.58. The second-order valence-corrected chi connectivity index (χ2v) is 27.3. The smallest absolute Gasteiger partial charge is 0.394 e. The number of aliphatic hydroxyl groups excluding tert-OH is 4. The van der Waals surface area contributed by atoms with Crippen molar-refractivity contribution >= 4 is 80.8 Å². The van der Waals surface area contributed by atoms with Crippen LogP contribution in [-0.2, 0) is 57.1 Å². The van der Waals surface area contributed by atoms with Crippen LogP contribution in [0.2, 0.25) is 0 Å². The first kappa shape index (κ1) is 76.5. The first-order chi connectivity index (χ1) is 45.7. The van der Waals surface area contributed by atoms with Gasteiger partial charge in [0.05, 0.1) is 67.3 Å². The van der Waals surface area contributed by atoms with Crippen LogP contribution in [0.5, 0.6) is 0 Å². The summed E-state index contributed by atoms with van der Waals surface area (Å²) < 4.78 is 220. The van der Waals surface area contributed by atoms with Gasteiger partial charge in [0.15, 0.2) is 59.5 Å². The number of aromatic nitrogens is 16. The fourth-order valence-electron chi connectivity index (χ4n) is 10.8. The van der Waals surface area contributed by atoms with Crippen molar-refractivity contribution in [3.8, 4) is 0 Å². The first-order valence-corrected chi connectivity index (χ1v) is 33.5. The number of hydrogen-bond acceptors (Lipinski definition) is 29. The first-order valence-electron chi connectivity index (χ1n) is 29.3. The predicted octanol–water partition coefficient (Wildman–Crippen LogP) is 4.89. The molecule has 4 fully saturated rings. The summed E-state index contributed by atoms with van der Waals surface area (Å²) in [6.45, 7) is 16.4. The van der Waals surface area contributed by atoms with E-state index in [1.807, 2.05) is 38.2 Å². The Morgan fingerprint density at radius 1 is 0.459 bits per heavy atom. The molecule has 0 aromatic carbocycles. The minimum absolute atomic E-state index is 0.0552. The molecule has 12 rings (SSSR count). The number of halogens is 10. The Kier molecular flexibility index (Phi) is 23.0. The van der Waals surface area contributed by atoms with Crippen LogP contribution in [0.1, 0.15) is 103 Å². The Bertz CT molecular complexity index is 4150. The number of nitrogen functional groups attached to an aromatic ring is 1. The van der Waals surface area contributed by atoms with Gasteiger partial charge in [-0.2, -0.15) is 64.8 Å². The number of imidazole rings is 4. The van der Waals surface area contributed by atoms with Gasteiger partial charge in [-0.1, -0.05) is 41.5 Å². The molecule has 0 aliphatic carbocycles. The Hall–Kier alpha value is -7.25. The molecule has 6 N–H and O–H groups in total. The lowest BCUT2D eigenvalue weighted by molar-refractivity contribution is -0.0674. The van der Waals surface area contributed by atoms with Gasteiger partial charge in [-0.25, -0.2) is 64.2 Å². The molecule has 0 bridgehead atoms. The summed E-state index contributed by atoms with van der Waals surface area (Å²) in [5, 5.41) is 39.1. The zero-order chi connectivity index (χ0) is 72.7. The van der Waals surface area contributed by atoms with Crippen LogP contribution in [0.3, 0.4) is 0 Å². The number of aliphatic hydroxyl groups is 4. The average molecular weight is 1470 g/mol. The quantitative estimate of drug-likeness (QED) is 0.0617. The zero-order valence-corrected chi connectivity index (χ0v) is 55.1. The van der Waals surface area contributed by atoms with E-state index in [4.69, 9.17) is 29.8 Å². The number of aryl methyl sites for hydroxylation is 3.